The third kappa shape index (κ3) is 1.96. The van der Waals surface area contributed by atoms with Gasteiger partial charge < -0.3 is 4.90 Å². The first-order chi connectivity index (χ1) is 6.25. The molecular weight excluding hydrogens is 166 g/mol. The van der Waals surface area contributed by atoms with Crippen LogP contribution in [0.1, 0.15) is 5.56 Å². The normalized spacial score (nSPS) is 15.3. The van der Waals surface area contributed by atoms with E-state index in [9.17, 15) is 4.79 Å². The van der Waals surface area contributed by atoms with E-state index < -0.39 is 0 Å². The Labute approximate surface area is 76.5 Å². The van der Waals surface area contributed by atoms with Crippen LogP contribution in [0.2, 0.25) is 0 Å². The number of nitrogens with zero attached hydrogens (tertiary/aromatic N) is 3. The lowest BCUT2D eigenvalue weighted by Gasteiger charge is -1.91. The lowest BCUT2D eigenvalue weighted by atomic mass is 10.3. The fraction of sp³-hybridized carbons (Fsp3) is 0.333. The van der Waals surface area contributed by atoms with Gasteiger partial charge in [0.1, 0.15) is 0 Å². The highest BCUT2D eigenvalue weighted by molar-refractivity contribution is 5.93. The number of aromatic nitrogens is 2. The Morgan fingerprint density at radius 1 is 1.62 bits per heavy atom. The van der Waals surface area contributed by atoms with E-state index >= 15 is 0 Å². The third-order valence-electron chi connectivity index (χ3n) is 1.90. The molecule has 1 saturated heterocycles. The summed E-state index contributed by atoms with van der Waals surface area (Å²) in [4.78, 5) is 13.0. The predicted molar refractivity (Wildman–Crippen MR) is 48.8 cm³/mol. The van der Waals surface area contributed by atoms with Crippen molar-refractivity contribution < 1.29 is 4.79 Å². The van der Waals surface area contributed by atoms with Crippen LogP contribution in [0.4, 0.5) is 0 Å². The van der Waals surface area contributed by atoms with Gasteiger partial charge in [0.25, 0.3) is 0 Å². The van der Waals surface area contributed by atoms with E-state index in [1.165, 1.54) is 0 Å². The molecule has 0 radical (unpaired) electrons. The molecule has 1 amide bonds. The molecule has 0 aliphatic carbocycles. The summed E-state index contributed by atoms with van der Waals surface area (Å²) in [6, 6.07) is 0. The van der Waals surface area contributed by atoms with Crippen LogP contribution in [0.5, 0.6) is 0 Å². The molecule has 2 rings (SSSR count). The fourth-order valence-corrected chi connectivity index (χ4v) is 1.07. The predicted octanol–water partition coefficient (Wildman–Crippen LogP) is 0.275. The van der Waals surface area contributed by atoms with Gasteiger partial charge in [-0.25, -0.2) is 0 Å². The summed E-state index contributed by atoms with van der Waals surface area (Å²) < 4.78 is 1.71. The van der Waals surface area contributed by atoms with Gasteiger partial charge in [0.05, 0.1) is 6.20 Å². The molecule has 1 aliphatic heterocycles. The summed E-state index contributed by atoms with van der Waals surface area (Å²) >= 11 is 0. The van der Waals surface area contributed by atoms with Crippen LogP contribution in [0.25, 0.3) is 6.08 Å². The SMILES string of the molecule is Cn1cc(/C=C/C(=O)N2CC2)cn1. The molecule has 0 bridgehead atoms. The monoisotopic (exact) mass is 177 g/mol. The zero-order valence-electron chi connectivity index (χ0n) is 7.47. The summed E-state index contributed by atoms with van der Waals surface area (Å²) in [6.45, 7) is 1.80. The van der Waals surface area contributed by atoms with E-state index in [0.29, 0.717) is 0 Å². The van der Waals surface area contributed by atoms with Crippen molar-refractivity contribution in [2.75, 3.05) is 13.1 Å². The van der Waals surface area contributed by atoms with Gasteiger partial charge in [-0.3, -0.25) is 9.48 Å². The largest absolute Gasteiger partial charge is 0.336 e. The van der Waals surface area contributed by atoms with Gasteiger partial charge in [0, 0.05) is 38.0 Å². The highest BCUT2D eigenvalue weighted by Gasteiger charge is 2.21. The minimum Gasteiger partial charge on any atom is -0.336 e. The number of hydrogen-bond acceptors (Lipinski definition) is 2. The van der Waals surface area contributed by atoms with Crippen molar-refractivity contribution in [3.05, 3.63) is 24.0 Å². The highest BCUT2D eigenvalue weighted by atomic mass is 16.2. The zero-order valence-corrected chi connectivity index (χ0v) is 7.47. The Morgan fingerprint density at radius 2 is 2.38 bits per heavy atom. The summed E-state index contributed by atoms with van der Waals surface area (Å²) in [5.41, 5.74) is 0.956. The van der Waals surface area contributed by atoms with Crippen molar-refractivity contribution in [3.63, 3.8) is 0 Å². The Hall–Kier alpha value is -1.58. The average Bonchev–Trinajstić information content (AvgIpc) is 2.87. The van der Waals surface area contributed by atoms with Gasteiger partial charge in [0.2, 0.25) is 5.91 Å². The van der Waals surface area contributed by atoms with Crippen molar-refractivity contribution in [3.8, 4) is 0 Å². The first kappa shape index (κ1) is 8.04. The maximum Gasteiger partial charge on any atom is 0.246 e. The summed E-state index contributed by atoms with van der Waals surface area (Å²) in [5, 5.41) is 4.00. The summed E-state index contributed by atoms with van der Waals surface area (Å²) in [5.74, 6) is 0.0869. The van der Waals surface area contributed by atoms with Crippen LogP contribution >= 0.6 is 0 Å². The molecule has 0 N–H and O–H groups in total. The number of hydrogen-bond donors (Lipinski definition) is 0. The molecule has 0 aromatic carbocycles. The number of amides is 1. The maximum atomic E-state index is 11.2. The van der Waals surface area contributed by atoms with Crippen LogP contribution in [0.3, 0.4) is 0 Å². The second-order valence-corrected chi connectivity index (χ2v) is 3.11. The van der Waals surface area contributed by atoms with Gasteiger partial charge in [-0.15, -0.1) is 0 Å². The molecule has 1 aliphatic rings. The summed E-state index contributed by atoms with van der Waals surface area (Å²) in [7, 11) is 1.85. The average molecular weight is 177 g/mol. The fourth-order valence-electron chi connectivity index (χ4n) is 1.07. The van der Waals surface area contributed by atoms with Crippen molar-refractivity contribution in [1.82, 2.24) is 14.7 Å². The molecule has 1 fully saturated rings. The summed E-state index contributed by atoms with van der Waals surface area (Å²) in [6.07, 6.45) is 6.97. The molecule has 1 aromatic heterocycles. The van der Waals surface area contributed by atoms with Gasteiger partial charge in [-0.05, 0) is 6.08 Å². The molecule has 4 nitrogen and oxygen atoms in total. The topological polar surface area (TPSA) is 37.9 Å². The van der Waals surface area contributed by atoms with Crippen molar-refractivity contribution >= 4 is 12.0 Å². The van der Waals surface area contributed by atoms with Gasteiger partial charge in [-0.2, -0.15) is 5.10 Å². The molecule has 0 atom stereocenters. The van der Waals surface area contributed by atoms with Crippen molar-refractivity contribution in [1.29, 1.82) is 0 Å². The Balaban J connectivity index is 2.00. The molecule has 2 heterocycles. The quantitative estimate of drug-likeness (QED) is 0.480. The van der Waals surface area contributed by atoms with Crippen molar-refractivity contribution in [2.45, 2.75) is 0 Å². The molecule has 13 heavy (non-hydrogen) atoms. The second kappa shape index (κ2) is 3.05. The molecule has 0 spiro atoms. The molecule has 1 aromatic rings. The third-order valence-corrected chi connectivity index (χ3v) is 1.90. The molecular formula is C9H11N3O. The minimum absolute atomic E-state index is 0.0869. The number of carbonyl (C=O) groups excluding carboxylic acids is 1. The molecule has 4 heteroatoms. The van der Waals surface area contributed by atoms with Crippen LogP contribution in [0.15, 0.2) is 18.5 Å². The van der Waals surface area contributed by atoms with E-state index in [1.807, 2.05) is 13.2 Å². The van der Waals surface area contributed by atoms with Gasteiger partial charge in [0.15, 0.2) is 0 Å². The van der Waals surface area contributed by atoms with E-state index in [1.54, 1.807) is 27.9 Å². The van der Waals surface area contributed by atoms with Crippen molar-refractivity contribution in [2.24, 2.45) is 7.05 Å². The Bertz CT molecular complexity index is 349. The Morgan fingerprint density at radius 3 is 2.92 bits per heavy atom. The standard InChI is InChI=1S/C9H11N3O/c1-11-7-8(6-10-11)2-3-9(13)12-4-5-12/h2-3,6-7H,4-5H2,1H3/b3-2+. The van der Waals surface area contributed by atoms with Crippen LogP contribution in [0, 0.1) is 0 Å². The maximum absolute atomic E-state index is 11.2. The molecule has 68 valence electrons. The molecule has 0 saturated carbocycles. The van der Waals surface area contributed by atoms with Crippen LogP contribution in [-0.4, -0.2) is 33.7 Å². The lowest BCUT2D eigenvalue weighted by molar-refractivity contribution is -0.120. The number of aryl methyl sites for hydroxylation is 1. The smallest absolute Gasteiger partial charge is 0.246 e. The zero-order chi connectivity index (χ0) is 9.26. The van der Waals surface area contributed by atoms with Crippen LogP contribution in [-0.2, 0) is 11.8 Å². The van der Waals surface area contributed by atoms with E-state index in [0.717, 1.165) is 18.7 Å². The molecule has 0 unspecified atom stereocenters. The van der Waals surface area contributed by atoms with Crippen LogP contribution < -0.4 is 0 Å². The highest BCUT2D eigenvalue weighted by Crippen LogP contribution is 2.06. The first-order valence-electron chi connectivity index (χ1n) is 4.21. The number of carbonyl (C=O) groups is 1. The van der Waals surface area contributed by atoms with Gasteiger partial charge in [-0.1, -0.05) is 0 Å². The number of rotatable bonds is 2. The second-order valence-electron chi connectivity index (χ2n) is 3.11. The lowest BCUT2D eigenvalue weighted by Crippen LogP contribution is -2.05. The Kier molecular flexibility index (Phi) is 1.88. The first-order valence-corrected chi connectivity index (χ1v) is 4.21. The van der Waals surface area contributed by atoms with E-state index in [-0.39, 0.29) is 5.91 Å². The van der Waals surface area contributed by atoms with E-state index in [2.05, 4.69) is 5.10 Å². The van der Waals surface area contributed by atoms with Gasteiger partial charge >= 0.3 is 0 Å². The van der Waals surface area contributed by atoms with E-state index in [4.69, 9.17) is 0 Å². The minimum atomic E-state index is 0.0869.